The van der Waals surface area contributed by atoms with E-state index in [1.54, 1.807) is 4.90 Å². The van der Waals surface area contributed by atoms with Crippen molar-refractivity contribution >= 4 is 34.6 Å². The van der Waals surface area contributed by atoms with Crippen LogP contribution >= 0.6 is 11.8 Å². The van der Waals surface area contributed by atoms with E-state index in [9.17, 15) is 4.79 Å². The maximum absolute atomic E-state index is 13.4. The standard InChI is InChI=1S/C24H24N2O5S/c1-2-28-19-13-21-20(30-15-31-21)11-16(19)12-22-23(27)26(14-18-9-6-10-29-18)24(32-22)25-17-7-4-3-5-8-17/h3-5,7-8,11-13,18H,2,6,9-10,14-15H2,1H3/b22-12-,25-24?. The molecule has 2 aromatic rings. The van der Waals surface area contributed by atoms with Crippen molar-refractivity contribution < 1.29 is 23.7 Å². The molecule has 0 spiro atoms. The minimum absolute atomic E-state index is 0.0319. The Morgan fingerprint density at radius 1 is 1.22 bits per heavy atom. The summed E-state index contributed by atoms with van der Waals surface area (Å²) in [4.78, 5) is 20.5. The maximum Gasteiger partial charge on any atom is 0.266 e. The first-order chi connectivity index (χ1) is 15.7. The first kappa shape index (κ1) is 20.9. The number of rotatable bonds is 6. The lowest BCUT2D eigenvalue weighted by molar-refractivity contribution is -0.123. The first-order valence-corrected chi connectivity index (χ1v) is 11.6. The molecule has 2 fully saturated rings. The van der Waals surface area contributed by atoms with Crippen LogP contribution in [-0.2, 0) is 9.53 Å². The highest BCUT2D eigenvalue weighted by Gasteiger charge is 2.36. The maximum atomic E-state index is 13.4. The fourth-order valence-corrected chi connectivity index (χ4v) is 4.83. The van der Waals surface area contributed by atoms with Crippen LogP contribution in [0.1, 0.15) is 25.3 Å². The van der Waals surface area contributed by atoms with E-state index in [1.807, 2.05) is 55.5 Å². The molecule has 0 saturated carbocycles. The van der Waals surface area contributed by atoms with E-state index in [2.05, 4.69) is 0 Å². The van der Waals surface area contributed by atoms with Gasteiger partial charge in [0, 0.05) is 18.2 Å². The molecule has 1 atom stereocenters. The van der Waals surface area contributed by atoms with Crippen molar-refractivity contribution in [1.29, 1.82) is 0 Å². The number of nitrogens with zero attached hydrogens (tertiary/aromatic N) is 2. The van der Waals surface area contributed by atoms with Crippen LogP contribution in [-0.4, -0.2) is 48.6 Å². The van der Waals surface area contributed by atoms with E-state index in [0.29, 0.717) is 40.5 Å². The van der Waals surface area contributed by atoms with Gasteiger partial charge in [-0.3, -0.25) is 9.69 Å². The third-order valence-corrected chi connectivity index (χ3v) is 6.38. The Labute approximate surface area is 191 Å². The van der Waals surface area contributed by atoms with E-state index < -0.39 is 0 Å². The molecule has 0 radical (unpaired) electrons. The normalized spacial score (nSPS) is 22.3. The molecule has 3 aliphatic heterocycles. The van der Waals surface area contributed by atoms with Crippen LogP contribution in [0.25, 0.3) is 6.08 Å². The number of hydrogen-bond donors (Lipinski definition) is 0. The molecule has 3 aliphatic rings. The van der Waals surface area contributed by atoms with E-state index in [0.717, 1.165) is 30.7 Å². The highest BCUT2D eigenvalue weighted by Crippen LogP contribution is 2.41. The second-order valence-electron chi connectivity index (χ2n) is 7.57. The van der Waals surface area contributed by atoms with Crippen molar-refractivity contribution in [2.45, 2.75) is 25.9 Å². The Morgan fingerprint density at radius 2 is 2.03 bits per heavy atom. The van der Waals surface area contributed by atoms with Gasteiger partial charge in [0.05, 0.1) is 29.8 Å². The van der Waals surface area contributed by atoms with Crippen molar-refractivity contribution in [2.75, 3.05) is 26.6 Å². The van der Waals surface area contributed by atoms with Gasteiger partial charge in [0.15, 0.2) is 16.7 Å². The number of hydrogen-bond acceptors (Lipinski definition) is 7. The summed E-state index contributed by atoms with van der Waals surface area (Å²) >= 11 is 1.36. The summed E-state index contributed by atoms with van der Waals surface area (Å²) in [6.07, 6.45) is 3.84. The second kappa shape index (κ2) is 9.26. The Morgan fingerprint density at radius 3 is 2.78 bits per heavy atom. The van der Waals surface area contributed by atoms with Crippen molar-refractivity contribution in [3.05, 3.63) is 52.9 Å². The van der Waals surface area contributed by atoms with E-state index in [1.165, 1.54) is 11.8 Å². The fraction of sp³-hybridized carbons (Fsp3) is 0.333. The van der Waals surface area contributed by atoms with Crippen molar-refractivity contribution in [1.82, 2.24) is 4.90 Å². The quantitative estimate of drug-likeness (QED) is 0.597. The summed E-state index contributed by atoms with van der Waals surface area (Å²) in [5.74, 6) is 1.86. The summed E-state index contributed by atoms with van der Waals surface area (Å²) in [6, 6.07) is 13.3. The van der Waals surface area contributed by atoms with E-state index in [4.69, 9.17) is 23.9 Å². The van der Waals surface area contributed by atoms with E-state index in [-0.39, 0.29) is 18.8 Å². The van der Waals surface area contributed by atoms with Crippen molar-refractivity contribution in [2.24, 2.45) is 4.99 Å². The molecule has 32 heavy (non-hydrogen) atoms. The number of fused-ring (bicyclic) bond motifs is 1. The molecule has 0 aliphatic carbocycles. The summed E-state index contributed by atoms with van der Waals surface area (Å²) in [7, 11) is 0. The molecule has 2 saturated heterocycles. The third-order valence-electron chi connectivity index (χ3n) is 5.37. The number of carbonyl (C=O) groups excluding carboxylic acids is 1. The van der Waals surface area contributed by atoms with Crippen LogP contribution in [0.15, 0.2) is 52.4 Å². The summed E-state index contributed by atoms with van der Waals surface area (Å²) in [5, 5.41) is 0.654. The SMILES string of the molecule is CCOc1cc2c(cc1/C=C1\SC(=Nc3ccccc3)N(CC3CCCO3)C1=O)OCO2. The largest absolute Gasteiger partial charge is 0.493 e. The number of thioether (sulfide) groups is 1. The lowest BCUT2D eigenvalue weighted by Gasteiger charge is -2.19. The predicted molar refractivity (Wildman–Crippen MR) is 124 cm³/mol. The molecule has 0 N–H and O–H groups in total. The first-order valence-electron chi connectivity index (χ1n) is 10.7. The molecule has 7 nitrogen and oxygen atoms in total. The lowest BCUT2D eigenvalue weighted by Crippen LogP contribution is -2.36. The number of ether oxygens (including phenoxy) is 4. The van der Waals surface area contributed by atoms with Gasteiger partial charge in [-0.1, -0.05) is 18.2 Å². The Kier molecular flexibility index (Phi) is 6.05. The molecule has 0 aromatic heterocycles. The highest BCUT2D eigenvalue weighted by atomic mass is 32.2. The third kappa shape index (κ3) is 4.33. The summed E-state index contributed by atoms with van der Waals surface area (Å²) in [5.41, 5.74) is 1.57. The van der Waals surface area contributed by atoms with Crippen LogP contribution in [0.2, 0.25) is 0 Å². The van der Waals surface area contributed by atoms with Gasteiger partial charge in [0.2, 0.25) is 6.79 Å². The number of amides is 1. The molecule has 8 heteroatoms. The zero-order valence-corrected chi connectivity index (χ0v) is 18.6. The number of aliphatic imine (C=N–C) groups is 1. The molecule has 1 unspecified atom stereocenters. The van der Waals surface area contributed by atoms with Gasteiger partial charge in [-0.15, -0.1) is 0 Å². The van der Waals surface area contributed by atoms with Crippen LogP contribution in [0.5, 0.6) is 17.2 Å². The van der Waals surface area contributed by atoms with Crippen molar-refractivity contribution in [3.8, 4) is 17.2 Å². The minimum atomic E-state index is -0.0831. The second-order valence-corrected chi connectivity index (χ2v) is 8.58. The number of carbonyl (C=O) groups is 1. The van der Waals surface area contributed by atoms with Crippen LogP contribution < -0.4 is 14.2 Å². The van der Waals surface area contributed by atoms with Gasteiger partial charge in [-0.25, -0.2) is 4.99 Å². The molecule has 3 heterocycles. The average Bonchev–Trinajstić information content (AvgIpc) is 3.53. The number of benzene rings is 2. The Bertz CT molecular complexity index is 1060. The predicted octanol–water partition coefficient (Wildman–Crippen LogP) is 4.60. The highest BCUT2D eigenvalue weighted by molar-refractivity contribution is 8.18. The summed E-state index contributed by atoms with van der Waals surface area (Å²) < 4.78 is 22.6. The minimum Gasteiger partial charge on any atom is -0.493 e. The zero-order valence-electron chi connectivity index (χ0n) is 17.8. The Balaban J connectivity index is 1.50. The van der Waals surface area contributed by atoms with Gasteiger partial charge < -0.3 is 18.9 Å². The van der Waals surface area contributed by atoms with Gasteiger partial charge in [0.1, 0.15) is 5.75 Å². The molecule has 2 aromatic carbocycles. The van der Waals surface area contributed by atoms with Gasteiger partial charge in [-0.2, -0.15) is 0 Å². The number of amidine groups is 1. The van der Waals surface area contributed by atoms with Gasteiger partial charge >= 0.3 is 0 Å². The molecular formula is C24H24N2O5S. The van der Waals surface area contributed by atoms with Crippen molar-refractivity contribution in [3.63, 3.8) is 0 Å². The molecule has 0 bridgehead atoms. The Hall–Kier alpha value is -2.97. The monoisotopic (exact) mass is 452 g/mol. The van der Waals surface area contributed by atoms with Crippen LogP contribution in [0.4, 0.5) is 5.69 Å². The summed E-state index contributed by atoms with van der Waals surface area (Å²) in [6.45, 7) is 3.84. The van der Waals surface area contributed by atoms with Crippen LogP contribution in [0, 0.1) is 0 Å². The molecular weight excluding hydrogens is 428 g/mol. The molecule has 1 amide bonds. The lowest BCUT2D eigenvalue weighted by atomic mass is 10.1. The average molecular weight is 453 g/mol. The smallest absolute Gasteiger partial charge is 0.266 e. The topological polar surface area (TPSA) is 69.6 Å². The molecule has 5 rings (SSSR count). The molecule has 166 valence electrons. The van der Waals surface area contributed by atoms with E-state index >= 15 is 0 Å². The fourth-order valence-electron chi connectivity index (χ4n) is 3.83. The van der Waals surface area contributed by atoms with Gasteiger partial charge in [-0.05, 0) is 55.8 Å². The number of para-hydroxylation sites is 1. The van der Waals surface area contributed by atoms with Gasteiger partial charge in [0.25, 0.3) is 5.91 Å². The zero-order chi connectivity index (χ0) is 21.9. The van der Waals surface area contributed by atoms with Crippen LogP contribution in [0.3, 0.4) is 0 Å².